The summed E-state index contributed by atoms with van der Waals surface area (Å²) in [7, 11) is 1.65. The van der Waals surface area contributed by atoms with Gasteiger partial charge < -0.3 is 47.4 Å². The van der Waals surface area contributed by atoms with Gasteiger partial charge >= 0.3 is 0 Å². The first-order valence-electron chi connectivity index (χ1n) is 27.6. The van der Waals surface area contributed by atoms with Crippen LogP contribution >= 0.6 is 11.6 Å². The van der Waals surface area contributed by atoms with Crippen molar-refractivity contribution in [2.75, 3.05) is 86.3 Å². The van der Waals surface area contributed by atoms with Gasteiger partial charge in [-0.05, 0) is 143 Å². The number of nitrogens with zero attached hydrogens (tertiary/aromatic N) is 2. The Labute approximate surface area is 468 Å². The Hall–Kier alpha value is -5.21. The highest BCUT2D eigenvalue weighted by Gasteiger charge is 2.39. The predicted octanol–water partition coefficient (Wildman–Crippen LogP) is 10.1. The van der Waals surface area contributed by atoms with E-state index in [9.17, 15) is 19.2 Å². The molecule has 0 bridgehead atoms. The monoisotopic (exact) mass is 1110 g/mol. The summed E-state index contributed by atoms with van der Waals surface area (Å²) in [6, 6.07) is 21.6. The molecule has 0 saturated heterocycles. The zero-order valence-electron chi connectivity index (χ0n) is 47.3. The Balaban J connectivity index is 0.760. The minimum atomic E-state index is -0.580. The minimum absolute atomic E-state index is 0.0341. The van der Waals surface area contributed by atoms with Crippen molar-refractivity contribution in [3.63, 3.8) is 0 Å². The molecule has 79 heavy (non-hydrogen) atoms. The van der Waals surface area contributed by atoms with Crippen molar-refractivity contribution in [2.45, 2.75) is 124 Å². The molecule has 0 aromatic heterocycles. The molecule has 0 radical (unpaired) electrons. The van der Waals surface area contributed by atoms with E-state index in [4.69, 9.17) is 59.0 Å². The lowest BCUT2D eigenvalue weighted by atomic mass is 9.82. The highest BCUT2D eigenvalue weighted by atomic mass is 35.5. The molecule has 9 unspecified atom stereocenters. The Morgan fingerprint density at radius 2 is 0.722 bits per heavy atom. The van der Waals surface area contributed by atoms with Crippen LogP contribution in [0.3, 0.4) is 0 Å². The summed E-state index contributed by atoms with van der Waals surface area (Å²) >= 11 is 6.08. The van der Waals surface area contributed by atoms with Gasteiger partial charge in [-0.2, -0.15) is 0 Å². The fraction of sp³-hybridized carbons (Fsp3) is 0.516. The van der Waals surface area contributed by atoms with Crippen LogP contribution in [0.4, 0.5) is 0 Å². The lowest BCUT2D eigenvalue weighted by Gasteiger charge is -2.33. The molecule has 16 nitrogen and oxygen atoms in total. The first-order valence-corrected chi connectivity index (χ1v) is 28.0. The van der Waals surface area contributed by atoms with E-state index in [0.29, 0.717) is 104 Å². The Kier molecular flexibility index (Phi) is 20.9. The van der Waals surface area contributed by atoms with Gasteiger partial charge in [0, 0.05) is 51.7 Å². The lowest BCUT2D eigenvalue weighted by Crippen LogP contribution is -2.48. The highest BCUT2D eigenvalue weighted by molar-refractivity contribution is 6.41. The lowest BCUT2D eigenvalue weighted by molar-refractivity contribution is -0.110. The van der Waals surface area contributed by atoms with E-state index in [1.165, 1.54) is 9.80 Å². The predicted molar refractivity (Wildman–Crippen MR) is 304 cm³/mol. The van der Waals surface area contributed by atoms with Crippen molar-refractivity contribution in [3.05, 3.63) is 106 Å². The van der Waals surface area contributed by atoms with Crippen molar-refractivity contribution >= 4 is 78.3 Å². The molecule has 426 valence electrons. The zero-order valence-corrected chi connectivity index (χ0v) is 48.1. The van der Waals surface area contributed by atoms with Gasteiger partial charge in [0.2, 0.25) is 0 Å². The normalized spacial score (nSPS) is 17.3. The van der Waals surface area contributed by atoms with Crippen LogP contribution in [0.25, 0.3) is 43.1 Å². The molecular weight excluding hydrogens is 1030 g/mol. The molecule has 9 atom stereocenters. The SMILES string of the molecule is COCCOCC(C)OCC(C)OCC(C)OCC(C)OCC(C)OCC(C)OCC(C)OCC(C)OCC(C)N1C(=O)c2ccc3c4ccc5c6c(ccc(c7ccc(c2c37)C1=O)c64)C(=O)N(CCc1ccc(Cl)cc1)C5=O. The number of hydrogen-bond donors (Lipinski definition) is 0. The van der Waals surface area contributed by atoms with Crippen LogP contribution in [-0.2, 0) is 53.8 Å². The van der Waals surface area contributed by atoms with E-state index in [-0.39, 0.29) is 80.4 Å². The molecule has 2 heterocycles. The van der Waals surface area contributed by atoms with Gasteiger partial charge in [-0.3, -0.25) is 29.0 Å². The molecule has 2 aliphatic rings. The van der Waals surface area contributed by atoms with Crippen LogP contribution in [0.2, 0.25) is 5.02 Å². The van der Waals surface area contributed by atoms with Crippen LogP contribution in [-0.4, -0.2) is 175 Å². The van der Waals surface area contributed by atoms with E-state index in [0.717, 1.165) is 37.9 Å². The molecule has 0 fully saturated rings. The van der Waals surface area contributed by atoms with Crippen molar-refractivity contribution in [1.29, 1.82) is 0 Å². The maximum absolute atomic E-state index is 14.4. The molecule has 2 aliphatic heterocycles. The van der Waals surface area contributed by atoms with Crippen LogP contribution in [0, 0.1) is 0 Å². The average Bonchev–Trinajstić information content (AvgIpc) is 3.14. The first kappa shape index (κ1) is 59.9. The van der Waals surface area contributed by atoms with Crippen LogP contribution < -0.4 is 0 Å². The fourth-order valence-corrected chi connectivity index (χ4v) is 10.2. The molecule has 8 rings (SSSR count). The topological polar surface area (TPSA) is 167 Å². The molecule has 0 saturated carbocycles. The second-order valence-electron chi connectivity index (χ2n) is 21.3. The quantitative estimate of drug-likeness (QED) is 0.0165. The molecule has 0 N–H and O–H groups in total. The van der Waals surface area contributed by atoms with Crippen LogP contribution in [0.5, 0.6) is 0 Å². The molecule has 0 aliphatic carbocycles. The number of carbonyl (C=O) groups is 4. The Morgan fingerprint density at radius 1 is 0.392 bits per heavy atom. The second-order valence-corrected chi connectivity index (χ2v) is 21.8. The van der Waals surface area contributed by atoms with Gasteiger partial charge in [0.05, 0.1) is 128 Å². The summed E-state index contributed by atoms with van der Waals surface area (Å²) in [5, 5.41) is 6.75. The van der Waals surface area contributed by atoms with Gasteiger partial charge in [0.25, 0.3) is 23.6 Å². The first-order chi connectivity index (χ1) is 37.9. The van der Waals surface area contributed by atoms with Crippen molar-refractivity contribution < 1.29 is 66.5 Å². The largest absolute Gasteiger partial charge is 0.382 e. The number of halogens is 1. The smallest absolute Gasteiger partial charge is 0.261 e. The summed E-state index contributed by atoms with van der Waals surface area (Å²) in [6.45, 7) is 22.1. The second kappa shape index (κ2) is 27.5. The third kappa shape index (κ3) is 14.3. The third-order valence-electron chi connectivity index (χ3n) is 14.4. The third-order valence-corrected chi connectivity index (χ3v) is 14.7. The molecule has 6 aromatic carbocycles. The standard InChI is InChI=1S/C62H77ClN2O14/c1-36(27-72-38(3)29-74-40(5)31-76-42(7)33-78-44(9)35-79-43(8)34-77-41(6)32-75-39(4)30-73-37(2)28-71-26-25-70-10)65-61(68)53-21-17-49-47-15-19-51-57-52(60(67)64(59(51)66)24-23-45-11-13-46(63)14-12-45)20-16-48(55(47)57)50-18-22-54(62(65)69)58(53)56(49)50/h11-22,36-44H,23-35H2,1-10H3. The van der Waals surface area contributed by atoms with E-state index in [1.807, 2.05) is 91.8 Å². The summed E-state index contributed by atoms with van der Waals surface area (Å²) in [5.74, 6) is -1.48. The summed E-state index contributed by atoms with van der Waals surface area (Å²) in [4.78, 5) is 59.4. The number of rotatable bonds is 33. The molecule has 0 spiro atoms. The highest BCUT2D eigenvalue weighted by Crippen LogP contribution is 2.46. The molecule has 4 amide bonds. The van der Waals surface area contributed by atoms with E-state index in [2.05, 4.69) is 0 Å². The molecule has 6 aromatic rings. The van der Waals surface area contributed by atoms with Gasteiger partial charge in [-0.1, -0.05) is 48.0 Å². The van der Waals surface area contributed by atoms with E-state index in [1.54, 1.807) is 50.4 Å². The van der Waals surface area contributed by atoms with Crippen molar-refractivity contribution in [3.8, 4) is 0 Å². The minimum Gasteiger partial charge on any atom is -0.382 e. The molecular formula is C62H77ClN2O14. The van der Waals surface area contributed by atoms with Gasteiger partial charge in [-0.25, -0.2) is 0 Å². The number of ether oxygens (including phenoxy) is 10. The van der Waals surface area contributed by atoms with Gasteiger partial charge in [0.15, 0.2) is 0 Å². The molecule has 17 heteroatoms. The number of benzene rings is 6. The maximum Gasteiger partial charge on any atom is 0.261 e. The maximum atomic E-state index is 14.4. The average molecular weight is 1110 g/mol. The summed E-state index contributed by atoms with van der Waals surface area (Å²) < 4.78 is 58.5. The number of imide groups is 2. The number of hydrogen-bond acceptors (Lipinski definition) is 14. The Morgan fingerprint density at radius 3 is 1.08 bits per heavy atom. The van der Waals surface area contributed by atoms with E-state index >= 15 is 0 Å². The van der Waals surface area contributed by atoms with E-state index < -0.39 is 17.9 Å². The van der Waals surface area contributed by atoms with Crippen molar-refractivity contribution in [2.24, 2.45) is 0 Å². The van der Waals surface area contributed by atoms with Gasteiger partial charge in [0.1, 0.15) is 0 Å². The van der Waals surface area contributed by atoms with Crippen LogP contribution in [0.15, 0.2) is 72.8 Å². The Bertz CT molecular complexity index is 2940. The summed E-state index contributed by atoms with van der Waals surface area (Å²) in [6.07, 6.45) is -0.751. The van der Waals surface area contributed by atoms with Crippen LogP contribution in [0.1, 0.15) is 109 Å². The fourth-order valence-electron chi connectivity index (χ4n) is 10.1. The van der Waals surface area contributed by atoms with Gasteiger partial charge in [-0.15, -0.1) is 0 Å². The zero-order chi connectivity index (χ0) is 56.5. The number of methoxy groups -OCH3 is 1. The van der Waals surface area contributed by atoms with Crippen molar-refractivity contribution in [1.82, 2.24) is 9.80 Å². The number of amides is 4. The number of carbonyl (C=O) groups excluding carboxylic acids is 4. The number of fused-ring (bicyclic) bond motifs is 2. The summed E-state index contributed by atoms with van der Waals surface area (Å²) in [5.41, 5.74) is 2.74.